The number of carboxylic acid groups (broad SMARTS) is 1. The molecule has 0 unspecified atom stereocenters. The van der Waals surface area contributed by atoms with Gasteiger partial charge in [-0.15, -0.1) is 0 Å². The number of ether oxygens (including phenoxy) is 2. The molecule has 1 rings (SSSR count). The van der Waals surface area contributed by atoms with Gasteiger partial charge in [0, 0.05) is 19.1 Å². The lowest BCUT2D eigenvalue weighted by molar-refractivity contribution is -0.384. The summed E-state index contributed by atoms with van der Waals surface area (Å²) in [6.45, 7) is 2.83. The Morgan fingerprint density at radius 1 is 1.24 bits per heavy atom. The quantitative estimate of drug-likeness (QED) is 0.403. The SMILES string of the molecule is CCOC(=O)C[C@H](OC(C)=O)[C@H](Cc1ccc([N+](=O)[O-])cc1)C(=O)O. The number of aliphatic carboxylic acids is 1. The summed E-state index contributed by atoms with van der Waals surface area (Å²) in [4.78, 5) is 44.6. The average molecular weight is 353 g/mol. The third-order valence-corrected chi connectivity index (χ3v) is 3.36. The van der Waals surface area contributed by atoms with Crippen molar-refractivity contribution >= 4 is 23.6 Å². The number of esters is 2. The van der Waals surface area contributed by atoms with Crippen LogP contribution in [0, 0.1) is 16.0 Å². The van der Waals surface area contributed by atoms with Crippen molar-refractivity contribution in [2.24, 2.45) is 5.92 Å². The molecule has 1 aromatic rings. The van der Waals surface area contributed by atoms with Gasteiger partial charge in [-0.2, -0.15) is 0 Å². The highest BCUT2D eigenvalue weighted by Gasteiger charge is 2.33. The molecule has 0 heterocycles. The van der Waals surface area contributed by atoms with E-state index in [0.717, 1.165) is 6.92 Å². The Balaban J connectivity index is 2.98. The first-order chi connectivity index (χ1) is 11.7. The lowest BCUT2D eigenvalue weighted by Gasteiger charge is -2.23. The molecular weight excluding hydrogens is 334 g/mol. The Bertz CT molecular complexity index is 640. The van der Waals surface area contributed by atoms with Crippen LogP contribution < -0.4 is 0 Å². The van der Waals surface area contributed by atoms with E-state index in [1.165, 1.54) is 24.3 Å². The van der Waals surface area contributed by atoms with Crippen molar-refractivity contribution in [2.45, 2.75) is 32.8 Å². The van der Waals surface area contributed by atoms with Crippen molar-refractivity contribution in [1.82, 2.24) is 0 Å². The molecule has 25 heavy (non-hydrogen) atoms. The Morgan fingerprint density at radius 3 is 2.28 bits per heavy atom. The fourth-order valence-electron chi connectivity index (χ4n) is 2.25. The van der Waals surface area contributed by atoms with Gasteiger partial charge in [-0.1, -0.05) is 12.1 Å². The first-order valence-electron chi connectivity index (χ1n) is 7.53. The summed E-state index contributed by atoms with van der Waals surface area (Å²) in [5.41, 5.74) is 0.373. The van der Waals surface area contributed by atoms with Crippen molar-refractivity contribution in [3.05, 3.63) is 39.9 Å². The zero-order chi connectivity index (χ0) is 19.0. The molecule has 0 fully saturated rings. The molecule has 0 amide bonds. The molecule has 0 aromatic heterocycles. The lowest BCUT2D eigenvalue weighted by atomic mass is 9.92. The molecule has 0 spiro atoms. The van der Waals surface area contributed by atoms with Gasteiger partial charge in [0.25, 0.3) is 5.69 Å². The van der Waals surface area contributed by atoms with Crippen LogP contribution in [-0.4, -0.2) is 40.6 Å². The minimum atomic E-state index is -1.26. The average Bonchev–Trinajstić information content (AvgIpc) is 2.52. The highest BCUT2D eigenvalue weighted by atomic mass is 16.6. The second-order valence-electron chi connectivity index (χ2n) is 5.23. The van der Waals surface area contributed by atoms with Crippen molar-refractivity contribution < 1.29 is 33.9 Å². The number of carbonyl (C=O) groups is 3. The van der Waals surface area contributed by atoms with Crippen LogP contribution in [0.15, 0.2) is 24.3 Å². The summed E-state index contributed by atoms with van der Waals surface area (Å²) >= 11 is 0. The maximum absolute atomic E-state index is 11.7. The summed E-state index contributed by atoms with van der Waals surface area (Å²) in [6.07, 6.45) is -1.66. The van der Waals surface area contributed by atoms with E-state index in [9.17, 15) is 29.6 Å². The zero-order valence-corrected chi connectivity index (χ0v) is 13.8. The number of rotatable bonds is 9. The Hall–Kier alpha value is -2.97. The number of nitrogens with zero attached hydrogens (tertiary/aromatic N) is 1. The minimum absolute atomic E-state index is 0.0648. The molecule has 0 aliphatic carbocycles. The van der Waals surface area contributed by atoms with E-state index in [4.69, 9.17) is 9.47 Å². The van der Waals surface area contributed by atoms with Gasteiger partial charge in [-0.3, -0.25) is 24.5 Å². The van der Waals surface area contributed by atoms with Crippen LogP contribution in [0.4, 0.5) is 5.69 Å². The molecule has 136 valence electrons. The van der Waals surface area contributed by atoms with E-state index in [1.807, 2.05) is 0 Å². The summed E-state index contributed by atoms with van der Waals surface area (Å²) < 4.78 is 9.77. The molecule has 0 aliphatic rings. The second-order valence-corrected chi connectivity index (χ2v) is 5.23. The zero-order valence-electron chi connectivity index (χ0n) is 13.8. The summed E-state index contributed by atoms with van der Waals surface area (Å²) in [6, 6.07) is 5.34. The second kappa shape index (κ2) is 9.36. The van der Waals surface area contributed by atoms with Crippen LogP contribution in [0.5, 0.6) is 0 Å². The van der Waals surface area contributed by atoms with Gasteiger partial charge in [0.15, 0.2) is 0 Å². The molecule has 0 bridgehead atoms. The van der Waals surface area contributed by atoms with Crippen LogP contribution in [0.3, 0.4) is 0 Å². The summed E-state index contributed by atoms with van der Waals surface area (Å²) in [7, 11) is 0. The van der Waals surface area contributed by atoms with Crippen molar-refractivity contribution in [1.29, 1.82) is 0 Å². The first kappa shape index (κ1) is 20.1. The molecule has 0 aliphatic heterocycles. The van der Waals surface area contributed by atoms with Crippen molar-refractivity contribution in [3.63, 3.8) is 0 Å². The van der Waals surface area contributed by atoms with Gasteiger partial charge in [-0.05, 0) is 18.9 Å². The molecule has 0 saturated carbocycles. The van der Waals surface area contributed by atoms with E-state index >= 15 is 0 Å². The number of carboxylic acids is 1. The van der Waals surface area contributed by atoms with E-state index in [2.05, 4.69) is 0 Å². The number of non-ortho nitro benzene ring substituents is 1. The van der Waals surface area contributed by atoms with Gasteiger partial charge in [0.2, 0.25) is 0 Å². The molecule has 1 N–H and O–H groups in total. The third-order valence-electron chi connectivity index (χ3n) is 3.36. The monoisotopic (exact) mass is 353 g/mol. The van der Waals surface area contributed by atoms with E-state index in [1.54, 1.807) is 6.92 Å². The Morgan fingerprint density at radius 2 is 1.84 bits per heavy atom. The van der Waals surface area contributed by atoms with Gasteiger partial charge in [0.1, 0.15) is 6.10 Å². The standard InChI is InChI=1S/C16H19NO8/c1-3-24-15(19)9-14(25-10(2)18)13(16(20)21)8-11-4-6-12(7-5-11)17(22)23/h4-7,13-14H,3,8-9H2,1-2H3,(H,20,21)/t13-,14-/m0/s1. The smallest absolute Gasteiger partial charge is 0.310 e. The molecule has 9 nitrogen and oxygen atoms in total. The van der Waals surface area contributed by atoms with Gasteiger partial charge >= 0.3 is 17.9 Å². The van der Waals surface area contributed by atoms with Crippen molar-refractivity contribution in [3.8, 4) is 0 Å². The first-order valence-corrected chi connectivity index (χ1v) is 7.53. The molecule has 1 aromatic carbocycles. The van der Waals surface area contributed by atoms with Crippen LogP contribution in [0.25, 0.3) is 0 Å². The van der Waals surface area contributed by atoms with Crippen molar-refractivity contribution in [2.75, 3.05) is 6.61 Å². The number of carbonyl (C=O) groups excluding carboxylic acids is 2. The number of nitro benzene ring substituents is 1. The fourth-order valence-corrected chi connectivity index (χ4v) is 2.25. The normalized spacial score (nSPS) is 12.7. The number of benzene rings is 1. The topological polar surface area (TPSA) is 133 Å². The van der Waals surface area contributed by atoms with Crippen LogP contribution in [-0.2, 0) is 30.3 Å². The maximum atomic E-state index is 11.7. The Kier molecular flexibility index (Phi) is 7.51. The Labute approximate surface area is 143 Å². The fraction of sp³-hybridized carbons (Fsp3) is 0.438. The van der Waals surface area contributed by atoms with E-state index < -0.39 is 41.3 Å². The van der Waals surface area contributed by atoms with Gasteiger partial charge in [-0.25, -0.2) is 0 Å². The van der Waals surface area contributed by atoms with Crippen LogP contribution in [0.2, 0.25) is 0 Å². The highest BCUT2D eigenvalue weighted by molar-refractivity contribution is 5.76. The van der Waals surface area contributed by atoms with Crippen LogP contribution >= 0.6 is 0 Å². The highest BCUT2D eigenvalue weighted by Crippen LogP contribution is 2.21. The maximum Gasteiger partial charge on any atom is 0.310 e. The van der Waals surface area contributed by atoms with E-state index in [-0.39, 0.29) is 18.7 Å². The lowest BCUT2D eigenvalue weighted by Crippen LogP contribution is -2.36. The summed E-state index contributed by atoms with van der Waals surface area (Å²) in [5, 5.41) is 20.1. The number of nitro groups is 1. The largest absolute Gasteiger partial charge is 0.481 e. The molecule has 9 heteroatoms. The third kappa shape index (κ3) is 6.58. The molecule has 0 radical (unpaired) electrons. The summed E-state index contributed by atoms with van der Waals surface area (Å²) in [5.74, 6) is -3.85. The molecule has 2 atom stereocenters. The van der Waals surface area contributed by atoms with E-state index in [0.29, 0.717) is 5.56 Å². The molecule has 0 saturated heterocycles. The van der Waals surface area contributed by atoms with Gasteiger partial charge in [0.05, 0.1) is 23.9 Å². The molecular formula is C16H19NO8. The van der Waals surface area contributed by atoms with Crippen LogP contribution in [0.1, 0.15) is 25.8 Å². The van der Waals surface area contributed by atoms with Gasteiger partial charge < -0.3 is 14.6 Å². The number of hydrogen-bond acceptors (Lipinski definition) is 7. The minimum Gasteiger partial charge on any atom is -0.481 e. The predicted molar refractivity (Wildman–Crippen MR) is 84.7 cm³/mol. The predicted octanol–water partition coefficient (Wildman–Crippen LogP) is 1.72. The number of hydrogen-bond donors (Lipinski definition) is 1.